The molecule has 2 aromatic carbocycles. The van der Waals surface area contributed by atoms with Gasteiger partial charge in [0.1, 0.15) is 5.82 Å². The Hall–Kier alpha value is -3.88. The molecule has 2 heterocycles. The summed E-state index contributed by atoms with van der Waals surface area (Å²) in [6.07, 6.45) is -2.14. The molecule has 6 nitrogen and oxygen atoms in total. The Morgan fingerprint density at radius 2 is 1.66 bits per heavy atom. The molecule has 0 saturated carbocycles. The van der Waals surface area contributed by atoms with Crippen LogP contribution in [0.2, 0.25) is 0 Å². The average Bonchev–Trinajstić information content (AvgIpc) is 3.10. The van der Waals surface area contributed by atoms with E-state index in [1.807, 2.05) is 36.1 Å². The molecule has 182 valence electrons. The zero-order valence-corrected chi connectivity index (χ0v) is 19.2. The highest BCUT2D eigenvalue weighted by Gasteiger charge is 2.30. The van der Waals surface area contributed by atoms with Gasteiger partial charge in [0.05, 0.1) is 17.4 Å². The molecule has 0 atom stereocenters. The maximum absolute atomic E-state index is 12.8. The second-order valence-corrected chi connectivity index (χ2v) is 8.38. The van der Waals surface area contributed by atoms with Crippen LogP contribution >= 0.6 is 0 Å². The van der Waals surface area contributed by atoms with Crippen LogP contribution in [0.5, 0.6) is 0 Å². The number of hydrogen-bond acceptors (Lipinski definition) is 4. The summed E-state index contributed by atoms with van der Waals surface area (Å²) in [5.74, 6) is 0.232. The Labute approximate surface area is 201 Å². The third-order valence-electron chi connectivity index (χ3n) is 5.96. The van der Waals surface area contributed by atoms with Crippen LogP contribution in [0.1, 0.15) is 38.3 Å². The van der Waals surface area contributed by atoms with Gasteiger partial charge in [-0.05, 0) is 61.4 Å². The Morgan fingerprint density at radius 1 is 0.914 bits per heavy atom. The summed E-state index contributed by atoms with van der Waals surface area (Å²) in [4.78, 5) is 33.5. The van der Waals surface area contributed by atoms with Crippen molar-refractivity contribution in [3.05, 3.63) is 89.1 Å². The van der Waals surface area contributed by atoms with Gasteiger partial charge >= 0.3 is 6.18 Å². The minimum absolute atomic E-state index is 0.204. The van der Waals surface area contributed by atoms with Crippen molar-refractivity contribution in [3.8, 4) is 0 Å². The van der Waals surface area contributed by atoms with Crippen LogP contribution < -0.4 is 10.2 Å². The highest BCUT2D eigenvalue weighted by atomic mass is 19.4. The maximum Gasteiger partial charge on any atom is 0.416 e. The summed E-state index contributed by atoms with van der Waals surface area (Å²) in [7, 11) is 0. The quantitative estimate of drug-likeness (QED) is 0.568. The number of anilines is 2. The molecule has 3 aromatic rings. The van der Waals surface area contributed by atoms with E-state index in [0.717, 1.165) is 23.5 Å². The number of carbonyl (C=O) groups is 2. The van der Waals surface area contributed by atoms with Crippen LogP contribution in [0.15, 0.2) is 66.9 Å². The van der Waals surface area contributed by atoms with Gasteiger partial charge in [-0.1, -0.05) is 18.2 Å². The van der Waals surface area contributed by atoms with Crippen LogP contribution in [-0.4, -0.2) is 47.9 Å². The number of rotatable bonds is 4. The largest absolute Gasteiger partial charge is 0.416 e. The van der Waals surface area contributed by atoms with E-state index >= 15 is 0 Å². The van der Waals surface area contributed by atoms with Crippen LogP contribution in [0.4, 0.5) is 24.7 Å². The predicted molar refractivity (Wildman–Crippen MR) is 128 cm³/mol. The van der Waals surface area contributed by atoms with Crippen LogP contribution in [-0.2, 0) is 6.18 Å². The molecule has 1 aromatic heterocycles. The van der Waals surface area contributed by atoms with E-state index in [1.165, 1.54) is 12.1 Å². The molecular formula is C26H25F3N4O2. The van der Waals surface area contributed by atoms with Gasteiger partial charge < -0.3 is 15.1 Å². The van der Waals surface area contributed by atoms with Crippen molar-refractivity contribution < 1.29 is 22.8 Å². The van der Waals surface area contributed by atoms with Gasteiger partial charge in [-0.2, -0.15) is 13.2 Å². The lowest BCUT2D eigenvalue weighted by molar-refractivity contribution is -0.137. The van der Waals surface area contributed by atoms with Crippen molar-refractivity contribution in [2.75, 3.05) is 36.4 Å². The van der Waals surface area contributed by atoms with Gasteiger partial charge in [-0.15, -0.1) is 0 Å². The average molecular weight is 483 g/mol. The van der Waals surface area contributed by atoms with Crippen LogP contribution in [0.3, 0.4) is 0 Å². The Morgan fingerprint density at radius 3 is 2.31 bits per heavy atom. The number of aryl methyl sites for hydroxylation is 1. The lowest BCUT2D eigenvalue weighted by Crippen LogP contribution is -2.35. The number of benzene rings is 2. The van der Waals surface area contributed by atoms with Crippen molar-refractivity contribution in [3.63, 3.8) is 0 Å². The molecule has 1 saturated heterocycles. The van der Waals surface area contributed by atoms with Crippen molar-refractivity contribution in [2.24, 2.45) is 0 Å². The number of halogens is 3. The monoisotopic (exact) mass is 482 g/mol. The summed E-state index contributed by atoms with van der Waals surface area (Å²) in [6.45, 7) is 4.02. The lowest BCUT2D eigenvalue weighted by atomic mass is 10.1. The molecule has 0 radical (unpaired) electrons. The van der Waals surface area contributed by atoms with Gasteiger partial charge in [-0.3, -0.25) is 9.59 Å². The topological polar surface area (TPSA) is 65.5 Å². The summed E-state index contributed by atoms with van der Waals surface area (Å²) in [5, 5.41) is 2.85. The Kier molecular flexibility index (Phi) is 7.04. The number of aromatic nitrogens is 1. The zero-order valence-electron chi connectivity index (χ0n) is 19.2. The van der Waals surface area contributed by atoms with Gasteiger partial charge in [0.25, 0.3) is 11.8 Å². The van der Waals surface area contributed by atoms with Crippen LogP contribution in [0.25, 0.3) is 0 Å². The standard InChI is InChI=1S/C26H25F3N4O2/c1-18-5-2-3-6-22(18)24(34)31-21-11-12-23(30-17-21)32-13-4-14-33(16-15-32)25(35)19-7-9-20(10-8-19)26(27,28)29/h2-3,5-12,17H,4,13-16H2,1H3,(H,31,34). The minimum Gasteiger partial charge on any atom is -0.355 e. The van der Waals surface area contributed by atoms with E-state index in [9.17, 15) is 22.8 Å². The fourth-order valence-corrected chi connectivity index (χ4v) is 4.01. The third-order valence-corrected chi connectivity index (χ3v) is 5.96. The molecule has 9 heteroatoms. The van der Waals surface area contributed by atoms with Gasteiger partial charge in [-0.25, -0.2) is 4.98 Å². The van der Waals surface area contributed by atoms with Crippen molar-refractivity contribution >= 4 is 23.3 Å². The van der Waals surface area contributed by atoms with Crippen LogP contribution in [0, 0.1) is 6.92 Å². The SMILES string of the molecule is Cc1ccccc1C(=O)Nc1ccc(N2CCCN(C(=O)c3ccc(C(F)(F)F)cc3)CC2)nc1. The number of nitrogens with zero attached hydrogens (tertiary/aromatic N) is 3. The highest BCUT2D eigenvalue weighted by molar-refractivity contribution is 6.05. The van der Waals surface area contributed by atoms with E-state index in [1.54, 1.807) is 23.2 Å². The number of hydrogen-bond donors (Lipinski definition) is 1. The van der Waals surface area contributed by atoms with E-state index in [-0.39, 0.29) is 17.4 Å². The first-order chi connectivity index (χ1) is 16.7. The van der Waals surface area contributed by atoms with E-state index < -0.39 is 11.7 Å². The molecule has 1 fully saturated rings. The highest BCUT2D eigenvalue weighted by Crippen LogP contribution is 2.29. The number of amides is 2. The Bertz CT molecular complexity index is 1190. The minimum atomic E-state index is -4.43. The third kappa shape index (κ3) is 5.79. The van der Waals surface area contributed by atoms with E-state index in [4.69, 9.17) is 0 Å². The fraction of sp³-hybridized carbons (Fsp3) is 0.269. The lowest BCUT2D eigenvalue weighted by Gasteiger charge is -2.23. The molecule has 1 aliphatic heterocycles. The number of pyridine rings is 1. The predicted octanol–water partition coefficient (Wildman–Crippen LogP) is 5.01. The zero-order chi connectivity index (χ0) is 25.0. The summed E-state index contributed by atoms with van der Waals surface area (Å²) >= 11 is 0. The normalized spacial score (nSPS) is 14.4. The molecule has 0 bridgehead atoms. The van der Waals surface area contributed by atoms with E-state index in [0.29, 0.717) is 43.9 Å². The van der Waals surface area contributed by atoms with E-state index in [2.05, 4.69) is 10.3 Å². The smallest absolute Gasteiger partial charge is 0.355 e. The molecule has 0 unspecified atom stereocenters. The van der Waals surface area contributed by atoms with Crippen molar-refractivity contribution in [1.29, 1.82) is 0 Å². The van der Waals surface area contributed by atoms with Crippen molar-refractivity contribution in [2.45, 2.75) is 19.5 Å². The Balaban J connectivity index is 1.36. The molecule has 0 aliphatic carbocycles. The van der Waals surface area contributed by atoms with Crippen molar-refractivity contribution in [1.82, 2.24) is 9.88 Å². The molecule has 1 aliphatic rings. The summed E-state index contributed by atoms with van der Waals surface area (Å²) < 4.78 is 38.4. The van der Waals surface area contributed by atoms with Gasteiger partial charge in [0.2, 0.25) is 0 Å². The fourth-order valence-electron chi connectivity index (χ4n) is 4.01. The number of nitrogens with one attached hydrogen (secondary N) is 1. The first-order valence-corrected chi connectivity index (χ1v) is 11.3. The second-order valence-electron chi connectivity index (χ2n) is 8.38. The molecule has 35 heavy (non-hydrogen) atoms. The molecular weight excluding hydrogens is 457 g/mol. The maximum atomic E-state index is 12.8. The molecule has 1 N–H and O–H groups in total. The molecule has 2 amide bonds. The second kappa shape index (κ2) is 10.2. The number of alkyl halides is 3. The summed E-state index contributed by atoms with van der Waals surface area (Å²) in [6, 6.07) is 15.2. The number of carbonyl (C=O) groups excluding carboxylic acids is 2. The molecule has 0 spiro atoms. The van der Waals surface area contributed by atoms with Gasteiger partial charge in [0.15, 0.2) is 0 Å². The molecule has 4 rings (SSSR count). The first kappa shape index (κ1) is 24.3. The summed E-state index contributed by atoms with van der Waals surface area (Å²) in [5.41, 5.74) is 1.52. The first-order valence-electron chi connectivity index (χ1n) is 11.3. The van der Waals surface area contributed by atoms with Gasteiger partial charge in [0, 0.05) is 37.3 Å².